The summed E-state index contributed by atoms with van der Waals surface area (Å²) >= 11 is 0. The van der Waals surface area contributed by atoms with Crippen LogP contribution in [0.1, 0.15) is 12.5 Å². The predicted molar refractivity (Wildman–Crippen MR) is 79.7 cm³/mol. The van der Waals surface area contributed by atoms with Crippen LogP contribution in [0.5, 0.6) is 5.88 Å². The molecule has 0 bridgehead atoms. The van der Waals surface area contributed by atoms with Crippen molar-refractivity contribution in [2.75, 3.05) is 13.2 Å². The molecule has 6 heteroatoms. The van der Waals surface area contributed by atoms with Gasteiger partial charge in [-0.05, 0) is 25.0 Å². The van der Waals surface area contributed by atoms with Gasteiger partial charge in [0, 0.05) is 6.61 Å². The van der Waals surface area contributed by atoms with Crippen molar-refractivity contribution in [3.05, 3.63) is 50.7 Å². The largest absolute Gasteiger partial charge is 0.494 e. The number of nitrogens with zero attached hydrogens (tertiary/aromatic N) is 1. The highest BCUT2D eigenvalue weighted by atomic mass is 16.5. The maximum Gasteiger partial charge on any atom is 0.331 e. The van der Waals surface area contributed by atoms with E-state index < -0.39 is 11.2 Å². The lowest BCUT2D eigenvalue weighted by atomic mass is 10.0. The number of nitrogens with one attached hydrogen (secondary N) is 1. The van der Waals surface area contributed by atoms with Crippen LogP contribution < -0.4 is 11.2 Å². The molecule has 2 rings (SSSR count). The zero-order chi connectivity index (χ0) is 15.4. The molecule has 0 atom stereocenters. The third kappa shape index (κ3) is 3.05. The highest BCUT2D eigenvalue weighted by Crippen LogP contribution is 2.26. The van der Waals surface area contributed by atoms with Gasteiger partial charge in [-0.25, -0.2) is 4.79 Å². The van der Waals surface area contributed by atoms with Crippen molar-refractivity contribution in [3.63, 3.8) is 0 Å². The topological polar surface area (TPSA) is 84.3 Å². The minimum absolute atomic E-state index is 0.101. The Morgan fingerprint density at radius 2 is 2.00 bits per heavy atom. The number of ether oxygens (including phenoxy) is 1. The van der Waals surface area contributed by atoms with Gasteiger partial charge >= 0.3 is 5.69 Å². The van der Waals surface area contributed by atoms with E-state index in [0.717, 1.165) is 10.1 Å². The van der Waals surface area contributed by atoms with E-state index in [2.05, 4.69) is 4.98 Å². The van der Waals surface area contributed by atoms with Crippen molar-refractivity contribution in [2.45, 2.75) is 20.4 Å². The van der Waals surface area contributed by atoms with Crippen LogP contribution in [0.2, 0.25) is 0 Å². The second-order valence-corrected chi connectivity index (χ2v) is 4.62. The predicted octanol–water partition coefficient (Wildman–Crippen LogP) is 1.25. The molecule has 0 amide bonds. The number of H-pyrrole nitrogens is 1. The molecule has 0 spiro atoms. The maximum atomic E-state index is 12.0. The van der Waals surface area contributed by atoms with Crippen LogP contribution in [-0.2, 0) is 11.3 Å². The van der Waals surface area contributed by atoms with Gasteiger partial charge < -0.3 is 9.84 Å². The molecule has 1 heterocycles. The molecule has 0 unspecified atom stereocenters. The van der Waals surface area contributed by atoms with Gasteiger partial charge in [0.25, 0.3) is 5.56 Å². The van der Waals surface area contributed by atoms with Gasteiger partial charge in [0.2, 0.25) is 5.88 Å². The Bertz CT molecular complexity index is 746. The number of rotatable bonds is 5. The normalized spacial score (nSPS) is 10.8. The highest BCUT2D eigenvalue weighted by molar-refractivity contribution is 5.70. The number of aromatic nitrogens is 2. The van der Waals surface area contributed by atoms with Crippen molar-refractivity contribution in [3.8, 4) is 17.0 Å². The van der Waals surface area contributed by atoms with Crippen molar-refractivity contribution in [1.82, 2.24) is 9.55 Å². The van der Waals surface area contributed by atoms with E-state index >= 15 is 0 Å². The Balaban J connectivity index is 2.57. The molecule has 2 aromatic rings. The van der Waals surface area contributed by atoms with Gasteiger partial charge in [-0.3, -0.25) is 14.3 Å². The fraction of sp³-hybridized carbons (Fsp3) is 0.333. The van der Waals surface area contributed by atoms with Gasteiger partial charge in [0.15, 0.2) is 0 Å². The fourth-order valence-corrected chi connectivity index (χ4v) is 2.16. The maximum absolute atomic E-state index is 12.0. The smallest absolute Gasteiger partial charge is 0.331 e. The molecule has 6 nitrogen and oxygen atoms in total. The number of aromatic hydroxyl groups is 1. The Kier molecular flexibility index (Phi) is 4.59. The average Bonchev–Trinajstić information content (AvgIpc) is 2.44. The molecule has 0 saturated heterocycles. The van der Waals surface area contributed by atoms with E-state index in [0.29, 0.717) is 12.2 Å². The number of hydrogen-bond donors (Lipinski definition) is 2. The Hall–Kier alpha value is -2.34. The van der Waals surface area contributed by atoms with Gasteiger partial charge in [0.05, 0.1) is 13.2 Å². The first-order valence-electron chi connectivity index (χ1n) is 6.76. The minimum Gasteiger partial charge on any atom is -0.494 e. The Labute approximate surface area is 121 Å². The summed E-state index contributed by atoms with van der Waals surface area (Å²) in [6.45, 7) is 4.65. The third-order valence-electron chi connectivity index (χ3n) is 3.25. The summed E-state index contributed by atoms with van der Waals surface area (Å²) in [6.07, 6.45) is 0. The summed E-state index contributed by atoms with van der Waals surface area (Å²) in [5, 5.41) is 10.3. The van der Waals surface area contributed by atoms with E-state index in [1.165, 1.54) is 0 Å². The van der Waals surface area contributed by atoms with Crippen molar-refractivity contribution in [1.29, 1.82) is 0 Å². The van der Waals surface area contributed by atoms with E-state index in [-0.39, 0.29) is 24.6 Å². The average molecular weight is 290 g/mol. The standard InChI is InChI=1S/C15H18N2O4/c1-3-21-9-8-17-14(19)12(13(18)16-15(17)20)11-7-5-4-6-10(11)2/h4-7,19H,3,8-9H2,1-2H3,(H,16,18,20). The van der Waals surface area contributed by atoms with E-state index in [9.17, 15) is 14.7 Å². The van der Waals surface area contributed by atoms with Crippen LogP contribution in [0.4, 0.5) is 0 Å². The number of aryl methyl sites for hydroxylation is 1. The Morgan fingerprint density at radius 1 is 1.29 bits per heavy atom. The summed E-state index contributed by atoms with van der Waals surface area (Å²) in [4.78, 5) is 26.1. The zero-order valence-corrected chi connectivity index (χ0v) is 12.0. The lowest BCUT2D eigenvalue weighted by molar-refractivity contribution is 0.135. The van der Waals surface area contributed by atoms with Gasteiger partial charge in [0.1, 0.15) is 5.56 Å². The molecule has 0 aliphatic carbocycles. The van der Waals surface area contributed by atoms with Gasteiger partial charge in [-0.15, -0.1) is 0 Å². The minimum atomic E-state index is -0.644. The van der Waals surface area contributed by atoms with Crippen molar-refractivity contribution < 1.29 is 9.84 Å². The fourth-order valence-electron chi connectivity index (χ4n) is 2.16. The summed E-state index contributed by atoms with van der Waals surface area (Å²) in [6, 6.07) is 7.19. The lowest BCUT2D eigenvalue weighted by Crippen LogP contribution is -2.32. The molecule has 1 aromatic heterocycles. The Morgan fingerprint density at radius 3 is 2.67 bits per heavy atom. The summed E-state index contributed by atoms with van der Waals surface area (Å²) < 4.78 is 6.29. The first-order valence-corrected chi connectivity index (χ1v) is 6.76. The molecule has 21 heavy (non-hydrogen) atoms. The molecule has 112 valence electrons. The SMILES string of the molecule is CCOCCn1c(O)c(-c2ccccc2C)c(=O)[nH]c1=O. The highest BCUT2D eigenvalue weighted by Gasteiger charge is 2.17. The monoisotopic (exact) mass is 290 g/mol. The zero-order valence-electron chi connectivity index (χ0n) is 12.0. The van der Waals surface area contributed by atoms with Crippen LogP contribution in [0, 0.1) is 6.92 Å². The molecule has 2 N–H and O–H groups in total. The molecular weight excluding hydrogens is 272 g/mol. The number of hydrogen-bond acceptors (Lipinski definition) is 4. The number of aromatic amines is 1. The first kappa shape index (κ1) is 15.1. The summed E-state index contributed by atoms with van der Waals surface area (Å²) in [5.41, 5.74) is 0.299. The second-order valence-electron chi connectivity index (χ2n) is 4.62. The quantitative estimate of drug-likeness (QED) is 0.812. The van der Waals surface area contributed by atoms with Crippen LogP contribution in [0.25, 0.3) is 11.1 Å². The molecule has 1 aromatic carbocycles. The van der Waals surface area contributed by atoms with Crippen LogP contribution >= 0.6 is 0 Å². The summed E-state index contributed by atoms with van der Waals surface area (Å²) in [7, 11) is 0. The van der Waals surface area contributed by atoms with E-state index in [1.54, 1.807) is 12.1 Å². The van der Waals surface area contributed by atoms with Gasteiger partial charge in [-0.1, -0.05) is 24.3 Å². The third-order valence-corrected chi connectivity index (χ3v) is 3.25. The lowest BCUT2D eigenvalue weighted by Gasteiger charge is -2.12. The van der Waals surface area contributed by atoms with Crippen LogP contribution in [0.3, 0.4) is 0 Å². The van der Waals surface area contributed by atoms with Gasteiger partial charge in [-0.2, -0.15) is 0 Å². The molecular formula is C15H18N2O4. The molecule has 0 aliphatic rings. The van der Waals surface area contributed by atoms with Crippen molar-refractivity contribution >= 4 is 0 Å². The van der Waals surface area contributed by atoms with E-state index in [1.807, 2.05) is 26.0 Å². The first-order chi connectivity index (χ1) is 10.1. The van der Waals surface area contributed by atoms with Crippen LogP contribution in [0.15, 0.2) is 33.9 Å². The van der Waals surface area contributed by atoms with Crippen LogP contribution in [-0.4, -0.2) is 27.9 Å². The molecule has 0 fully saturated rings. The summed E-state index contributed by atoms with van der Waals surface area (Å²) in [5.74, 6) is -0.335. The molecule has 0 saturated carbocycles. The van der Waals surface area contributed by atoms with E-state index in [4.69, 9.17) is 4.74 Å². The molecule has 0 radical (unpaired) electrons. The second kappa shape index (κ2) is 6.41. The molecule has 0 aliphatic heterocycles. The van der Waals surface area contributed by atoms with Crippen molar-refractivity contribution in [2.24, 2.45) is 0 Å². The number of benzene rings is 1.